The number of anilines is 1. The first-order valence-corrected chi connectivity index (χ1v) is 10.6. The first kappa shape index (κ1) is 19.5. The minimum absolute atomic E-state index is 0.00145. The van der Waals surface area contributed by atoms with E-state index in [1.54, 1.807) is 6.07 Å². The number of nitrogens with zero attached hydrogens (tertiary/aromatic N) is 1. The van der Waals surface area contributed by atoms with E-state index in [-0.39, 0.29) is 11.8 Å². The molecule has 1 N–H and O–H groups in total. The van der Waals surface area contributed by atoms with Gasteiger partial charge in [0.15, 0.2) is 0 Å². The fourth-order valence-electron chi connectivity index (χ4n) is 3.26. The maximum Gasteiger partial charge on any atom is 0.255 e. The van der Waals surface area contributed by atoms with Crippen LogP contribution in [0.25, 0.3) is 0 Å². The molecule has 0 saturated carbocycles. The van der Waals surface area contributed by atoms with E-state index in [0.717, 1.165) is 43.0 Å². The number of carbonyl (C=O) groups excluding carboxylic acids is 2. The van der Waals surface area contributed by atoms with Crippen LogP contribution in [-0.2, 0) is 5.75 Å². The molecule has 2 amide bonds. The quantitative estimate of drug-likeness (QED) is 0.785. The van der Waals surface area contributed by atoms with Crippen molar-refractivity contribution >= 4 is 29.3 Å². The van der Waals surface area contributed by atoms with E-state index in [9.17, 15) is 9.59 Å². The summed E-state index contributed by atoms with van der Waals surface area (Å²) in [6, 6.07) is 13.3. The number of nitrogens with one attached hydrogen (secondary N) is 1. The zero-order valence-electron chi connectivity index (χ0n) is 16.0. The van der Waals surface area contributed by atoms with Gasteiger partial charge in [0.1, 0.15) is 0 Å². The fraction of sp³-hybridized carbons (Fsp3) is 0.364. The zero-order chi connectivity index (χ0) is 19.2. The van der Waals surface area contributed by atoms with E-state index in [0.29, 0.717) is 16.8 Å². The van der Waals surface area contributed by atoms with E-state index in [4.69, 9.17) is 0 Å². The number of hydrogen-bond acceptors (Lipinski definition) is 3. The van der Waals surface area contributed by atoms with Crippen LogP contribution >= 0.6 is 11.8 Å². The first-order valence-electron chi connectivity index (χ1n) is 9.47. The van der Waals surface area contributed by atoms with Gasteiger partial charge in [-0.15, -0.1) is 0 Å². The van der Waals surface area contributed by atoms with Crippen molar-refractivity contribution < 1.29 is 9.59 Å². The summed E-state index contributed by atoms with van der Waals surface area (Å²) in [7, 11) is 0. The molecule has 0 bridgehead atoms. The van der Waals surface area contributed by atoms with Gasteiger partial charge in [-0.3, -0.25) is 9.59 Å². The Bertz CT molecular complexity index is 812. The van der Waals surface area contributed by atoms with E-state index < -0.39 is 0 Å². The smallest absolute Gasteiger partial charge is 0.255 e. The predicted octanol–water partition coefficient (Wildman–Crippen LogP) is 4.74. The number of thioether (sulfide) groups is 1. The lowest BCUT2D eigenvalue weighted by atomic mass is 10.1. The van der Waals surface area contributed by atoms with Gasteiger partial charge in [0.25, 0.3) is 11.8 Å². The largest absolute Gasteiger partial charge is 0.339 e. The van der Waals surface area contributed by atoms with Crippen LogP contribution in [0.15, 0.2) is 42.5 Å². The Hall–Kier alpha value is -2.27. The lowest BCUT2D eigenvalue weighted by Crippen LogP contribution is -2.29. The SMILES string of the molecule is CCSCc1ccc(C(=O)Nc2c(C)cccc2C(=O)N2CCCC2)cc1. The Kier molecular flexibility index (Phi) is 6.56. The molecule has 4 nitrogen and oxygen atoms in total. The molecule has 0 unspecified atom stereocenters. The molecule has 1 fully saturated rings. The van der Waals surface area contributed by atoms with Crippen LogP contribution in [0.1, 0.15) is 51.6 Å². The van der Waals surface area contributed by atoms with Gasteiger partial charge in [-0.05, 0) is 54.8 Å². The normalized spacial score (nSPS) is 13.6. The highest BCUT2D eigenvalue weighted by Crippen LogP contribution is 2.25. The van der Waals surface area contributed by atoms with Crippen molar-refractivity contribution in [3.63, 3.8) is 0 Å². The molecule has 0 aromatic heterocycles. The summed E-state index contributed by atoms with van der Waals surface area (Å²) in [6.45, 7) is 5.63. The topological polar surface area (TPSA) is 49.4 Å². The second kappa shape index (κ2) is 9.09. The molecule has 0 radical (unpaired) electrons. The van der Waals surface area contributed by atoms with Crippen LogP contribution in [0.5, 0.6) is 0 Å². The van der Waals surface area contributed by atoms with Crippen LogP contribution in [0.3, 0.4) is 0 Å². The van der Waals surface area contributed by atoms with Crippen molar-refractivity contribution in [1.29, 1.82) is 0 Å². The number of rotatable bonds is 6. The Morgan fingerprint density at radius 3 is 2.44 bits per heavy atom. The Balaban J connectivity index is 1.78. The van der Waals surface area contributed by atoms with Crippen LogP contribution in [-0.4, -0.2) is 35.6 Å². The number of benzene rings is 2. The number of carbonyl (C=O) groups is 2. The van der Waals surface area contributed by atoms with Crippen molar-refractivity contribution in [3.8, 4) is 0 Å². The van der Waals surface area contributed by atoms with Gasteiger partial charge in [-0.25, -0.2) is 0 Å². The van der Waals surface area contributed by atoms with Crippen molar-refractivity contribution in [2.75, 3.05) is 24.2 Å². The van der Waals surface area contributed by atoms with Crippen LogP contribution in [0.2, 0.25) is 0 Å². The molecular formula is C22H26N2O2S. The molecule has 0 atom stereocenters. The molecule has 1 saturated heterocycles. The second-order valence-electron chi connectivity index (χ2n) is 6.78. The van der Waals surface area contributed by atoms with Gasteiger partial charge in [-0.1, -0.05) is 31.2 Å². The van der Waals surface area contributed by atoms with Crippen LogP contribution in [0, 0.1) is 6.92 Å². The van der Waals surface area contributed by atoms with E-state index in [1.807, 2.05) is 60.0 Å². The summed E-state index contributed by atoms with van der Waals surface area (Å²) in [5, 5.41) is 2.97. The molecule has 1 heterocycles. The van der Waals surface area contributed by atoms with Gasteiger partial charge < -0.3 is 10.2 Å². The molecule has 5 heteroatoms. The summed E-state index contributed by atoms with van der Waals surface area (Å²) in [5.41, 5.74) is 3.89. The van der Waals surface area contributed by atoms with Gasteiger partial charge >= 0.3 is 0 Å². The van der Waals surface area contributed by atoms with Crippen molar-refractivity contribution in [2.45, 2.75) is 32.4 Å². The number of amides is 2. The second-order valence-corrected chi connectivity index (χ2v) is 8.06. The molecule has 0 spiro atoms. The maximum atomic E-state index is 12.9. The number of para-hydroxylation sites is 1. The molecule has 3 rings (SSSR count). The Labute approximate surface area is 165 Å². The minimum Gasteiger partial charge on any atom is -0.339 e. The monoisotopic (exact) mass is 382 g/mol. The average molecular weight is 383 g/mol. The zero-order valence-corrected chi connectivity index (χ0v) is 16.8. The molecule has 1 aliphatic heterocycles. The highest BCUT2D eigenvalue weighted by Gasteiger charge is 2.23. The molecule has 2 aromatic carbocycles. The van der Waals surface area contributed by atoms with E-state index >= 15 is 0 Å². The lowest BCUT2D eigenvalue weighted by Gasteiger charge is -2.19. The van der Waals surface area contributed by atoms with E-state index in [2.05, 4.69) is 12.2 Å². The summed E-state index contributed by atoms with van der Waals surface area (Å²) in [6.07, 6.45) is 2.09. The third kappa shape index (κ3) is 4.72. The highest BCUT2D eigenvalue weighted by molar-refractivity contribution is 7.98. The third-order valence-corrected chi connectivity index (χ3v) is 5.77. The van der Waals surface area contributed by atoms with Crippen molar-refractivity contribution in [3.05, 3.63) is 64.7 Å². The third-order valence-electron chi connectivity index (χ3n) is 4.82. The van der Waals surface area contributed by atoms with Crippen molar-refractivity contribution in [1.82, 2.24) is 4.90 Å². The van der Waals surface area contributed by atoms with Gasteiger partial charge in [0.05, 0.1) is 11.3 Å². The first-order chi connectivity index (χ1) is 13.1. The van der Waals surface area contributed by atoms with Crippen LogP contribution in [0.4, 0.5) is 5.69 Å². The van der Waals surface area contributed by atoms with Gasteiger partial charge in [-0.2, -0.15) is 11.8 Å². The number of likely N-dealkylation sites (tertiary alicyclic amines) is 1. The molecular weight excluding hydrogens is 356 g/mol. The summed E-state index contributed by atoms with van der Waals surface area (Å²) >= 11 is 1.85. The van der Waals surface area contributed by atoms with Gasteiger partial charge in [0, 0.05) is 24.4 Å². The molecule has 27 heavy (non-hydrogen) atoms. The fourth-order valence-corrected chi connectivity index (χ4v) is 3.89. The highest BCUT2D eigenvalue weighted by atomic mass is 32.2. The van der Waals surface area contributed by atoms with Crippen molar-refractivity contribution in [2.24, 2.45) is 0 Å². The number of hydrogen-bond donors (Lipinski definition) is 1. The molecule has 1 aliphatic rings. The Morgan fingerprint density at radius 2 is 1.78 bits per heavy atom. The standard InChI is InChI=1S/C22H26N2O2S/c1-3-27-15-17-9-11-18(12-10-17)21(25)23-20-16(2)7-6-8-19(20)22(26)24-13-4-5-14-24/h6-12H,3-5,13-15H2,1-2H3,(H,23,25). The minimum atomic E-state index is -0.186. The number of aryl methyl sites for hydroxylation is 1. The Morgan fingerprint density at radius 1 is 1.07 bits per heavy atom. The average Bonchev–Trinajstić information content (AvgIpc) is 3.22. The van der Waals surface area contributed by atoms with E-state index in [1.165, 1.54) is 5.56 Å². The molecule has 142 valence electrons. The predicted molar refractivity (Wildman–Crippen MR) is 113 cm³/mol. The van der Waals surface area contributed by atoms with Crippen LogP contribution < -0.4 is 5.32 Å². The summed E-state index contributed by atoms with van der Waals surface area (Å²) in [5.74, 6) is 1.83. The summed E-state index contributed by atoms with van der Waals surface area (Å²) in [4.78, 5) is 27.5. The molecule has 0 aliphatic carbocycles. The molecule has 2 aromatic rings. The lowest BCUT2D eigenvalue weighted by molar-refractivity contribution is 0.0794. The maximum absolute atomic E-state index is 12.9. The van der Waals surface area contributed by atoms with Gasteiger partial charge in [0.2, 0.25) is 0 Å². The summed E-state index contributed by atoms with van der Waals surface area (Å²) < 4.78 is 0.